The van der Waals surface area contributed by atoms with Crippen LogP contribution < -0.4 is 15.8 Å². The Hall–Kier alpha value is -1.56. The second-order valence-electron chi connectivity index (χ2n) is 4.23. The molecule has 1 aromatic heterocycles. The van der Waals surface area contributed by atoms with Gasteiger partial charge in [0.2, 0.25) is 11.8 Å². The predicted octanol–water partition coefficient (Wildman–Crippen LogP) is -0.00938. The first-order valence-electron chi connectivity index (χ1n) is 6.09. The van der Waals surface area contributed by atoms with Gasteiger partial charge in [-0.1, -0.05) is 0 Å². The highest BCUT2D eigenvalue weighted by Gasteiger charge is 2.22. The van der Waals surface area contributed by atoms with Gasteiger partial charge >= 0.3 is 0 Å². The largest absolute Gasteiger partial charge is 0.481 e. The van der Waals surface area contributed by atoms with Gasteiger partial charge in [0, 0.05) is 25.7 Å². The van der Waals surface area contributed by atoms with Crippen LogP contribution in [0.3, 0.4) is 0 Å². The molecule has 0 saturated carbocycles. The Balaban J connectivity index is 2.91. The van der Waals surface area contributed by atoms with Crippen molar-refractivity contribution < 1.29 is 9.53 Å². The molecule has 0 bridgehead atoms. The van der Waals surface area contributed by atoms with Crippen LogP contribution in [0.4, 0.5) is 0 Å². The summed E-state index contributed by atoms with van der Waals surface area (Å²) in [5, 5.41) is 7.09. The van der Waals surface area contributed by atoms with Crippen molar-refractivity contribution in [3.63, 3.8) is 0 Å². The molecule has 1 aromatic rings. The lowest BCUT2D eigenvalue weighted by Crippen LogP contribution is -2.36. The van der Waals surface area contributed by atoms with Gasteiger partial charge in [-0.25, -0.2) is 4.68 Å². The molecule has 0 saturated heterocycles. The van der Waals surface area contributed by atoms with Crippen molar-refractivity contribution in [2.45, 2.75) is 20.3 Å². The van der Waals surface area contributed by atoms with Crippen LogP contribution in [-0.2, 0) is 18.3 Å². The van der Waals surface area contributed by atoms with E-state index in [4.69, 9.17) is 10.5 Å². The molecule has 0 aliphatic carbocycles. The van der Waals surface area contributed by atoms with E-state index in [1.165, 1.54) is 0 Å². The number of nitrogens with one attached hydrogen (secondary N) is 1. The Labute approximate surface area is 107 Å². The zero-order valence-electron chi connectivity index (χ0n) is 11.5. The molecule has 0 aromatic carbocycles. The zero-order chi connectivity index (χ0) is 13.7. The van der Waals surface area contributed by atoms with Crippen LogP contribution in [0, 0.1) is 12.8 Å². The fraction of sp³-hybridized carbons (Fsp3) is 0.667. The molecule has 1 unspecified atom stereocenters. The molecule has 3 N–H and O–H groups in total. The van der Waals surface area contributed by atoms with E-state index in [9.17, 15) is 4.79 Å². The first kappa shape index (κ1) is 14.5. The summed E-state index contributed by atoms with van der Waals surface area (Å²) in [6, 6.07) is 0. The van der Waals surface area contributed by atoms with E-state index < -0.39 is 0 Å². The van der Waals surface area contributed by atoms with Crippen LogP contribution in [-0.4, -0.2) is 35.9 Å². The number of hydrogen-bond acceptors (Lipinski definition) is 4. The van der Waals surface area contributed by atoms with Crippen LogP contribution in [0.1, 0.15) is 18.2 Å². The molecular weight excluding hydrogens is 232 g/mol. The molecule has 0 radical (unpaired) electrons. The third kappa shape index (κ3) is 3.01. The summed E-state index contributed by atoms with van der Waals surface area (Å²) in [5.74, 6) is 0.419. The van der Waals surface area contributed by atoms with Crippen molar-refractivity contribution in [2.75, 3.05) is 20.2 Å². The molecule has 102 valence electrons. The maximum Gasteiger partial charge on any atom is 0.224 e. The standard InChI is InChI=1S/C12H22N4O2/c1-5-14-11(17)9(7-13)6-10-8(2)15-16(3)12(10)18-4/h9H,5-7,13H2,1-4H3,(H,14,17). The smallest absolute Gasteiger partial charge is 0.224 e. The average molecular weight is 254 g/mol. The van der Waals surface area contributed by atoms with Crippen molar-refractivity contribution >= 4 is 5.91 Å². The lowest BCUT2D eigenvalue weighted by atomic mass is 9.98. The van der Waals surface area contributed by atoms with E-state index in [2.05, 4.69) is 10.4 Å². The quantitative estimate of drug-likeness (QED) is 0.748. The number of rotatable bonds is 6. The van der Waals surface area contributed by atoms with Gasteiger partial charge in [-0.2, -0.15) is 5.10 Å². The summed E-state index contributed by atoms with van der Waals surface area (Å²) < 4.78 is 6.99. The SMILES string of the molecule is CCNC(=O)C(CN)Cc1c(C)nn(C)c1OC. The summed E-state index contributed by atoms with van der Waals surface area (Å²) in [6.45, 7) is 4.71. The normalized spacial score (nSPS) is 12.3. The average Bonchev–Trinajstić information content (AvgIpc) is 2.60. The van der Waals surface area contributed by atoms with Crippen molar-refractivity contribution in [3.8, 4) is 5.88 Å². The lowest BCUT2D eigenvalue weighted by Gasteiger charge is -2.14. The molecule has 1 heterocycles. The number of ether oxygens (including phenoxy) is 1. The van der Waals surface area contributed by atoms with Gasteiger partial charge in [0.1, 0.15) is 0 Å². The number of nitrogens with two attached hydrogens (primary N) is 1. The van der Waals surface area contributed by atoms with Gasteiger partial charge in [0.05, 0.1) is 18.7 Å². The van der Waals surface area contributed by atoms with Gasteiger partial charge in [-0.15, -0.1) is 0 Å². The molecule has 0 spiro atoms. The molecule has 0 fully saturated rings. The number of hydrogen-bond donors (Lipinski definition) is 2. The fourth-order valence-corrected chi connectivity index (χ4v) is 2.02. The molecule has 0 aliphatic heterocycles. The summed E-state index contributed by atoms with van der Waals surface area (Å²) in [7, 11) is 3.42. The third-order valence-corrected chi connectivity index (χ3v) is 2.94. The van der Waals surface area contributed by atoms with Gasteiger partial charge in [-0.3, -0.25) is 4.79 Å². The molecule has 1 rings (SSSR count). The third-order valence-electron chi connectivity index (χ3n) is 2.94. The Morgan fingerprint density at radius 3 is 2.78 bits per heavy atom. The summed E-state index contributed by atoms with van der Waals surface area (Å²) in [5.41, 5.74) is 7.49. The zero-order valence-corrected chi connectivity index (χ0v) is 11.5. The van der Waals surface area contributed by atoms with Crippen LogP contribution in [0.15, 0.2) is 0 Å². The minimum absolute atomic E-state index is 0.0229. The summed E-state index contributed by atoms with van der Waals surface area (Å²) >= 11 is 0. The number of carbonyl (C=O) groups is 1. The first-order chi connectivity index (χ1) is 8.54. The van der Waals surface area contributed by atoms with Gasteiger partial charge < -0.3 is 15.8 Å². The molecule has 18 heavy (non-hydrogen) atoms. The summed E-state index contributed by atoms with van der Waals surface area (Å²) in [4.78, 5) is 11.8. The Kier molecular flexibility index (Phi) is 5.15. The number of methoxy groups -OCH3 is 1. The van der Waals surface area contributed by atoms with E-state index in [1.54, 1.807) is 11.8 Å². The molecular formula is C12H22N4O2. The highest BCUT2D eigenvalue weighted by molar-refractivity contribution is 5.79. The number of amides is 1. The predicted molar refractivity (Wildman–Crippen MR) is 69.4 cm³/mol. The van der Waals surface area contributed by atoms with E-state index in [-0.39, 0.29) is 11.8 Å². The highest BCUT2D eigenvalue weighted by atomic mass is 16.5. The van der Waals surface area contributed by atoms with Gasteiger partial charge in [0.15, 0.2) is 0 Å². The van der Waals surface area contributed by atoms with Crippen molar-refractivity contribution in [1.82, 2.24) is 15.1 Å². The van der Waals surface area contributed by atoms with E-state index >= 15 is 0 Å². The van der Waals surface area contributed by atoms with Crippen LogP contribution in [0.2, 0.25) is 0 Å². The maximum absolute atomic E-state index is 11.8. The van der Waals surface area contributed by atoms with E-state index in [0.717, 1.165) is 11.3 Å². The lowest BCUT2D eigenvalue weighted by molar-refractivity contribution is -0.124. The van der Waals surface area contributed by atoms with Crippen LogP contribution >= 0.6 is 0 Å². The first-order valence-corrected chi connectivity index (χ1v) is 6.09. The van der Waals surface area contributed by atoms with Crippen molar-refractivity contribution in [2.24, 2.45) is 18.7 Å². The van der Waals surface area contributed by atoms with E-state index in [0.29, 0.717) is 25.4 Å². The number of aromatic nitrogens is 2. The Morgan fingerprint density at radius 2 is 2.28 bits per heavy atom. The summed E-state index contributed by atoms with van der Waals surface area (Å²) in [6.07, 6.45) is 0.547. The molecule has 1 amide bonds. The second kappa shape index (κ2) is 6.39. The Bertz CT molecular complexity index is 414. The maximum atomic E-state index is 11.8. The second-order valence-corrected chi connectivity index (χ2v) is 4.23. The fourth-order valence-electron chi connectivity index (χ4n) is 2.02. The number of carbonyl (C=O) groups excluding carboxylic acids is 1. The molecule has 1 atom stereocenters. The number of aryl methyl sites for hydroxylation is 2. The molecule has 6 nitrogen and oxygen atoms in total. The molecule has 0 aliphatic rings. The minimum atomic E-state index is -0.248. The highest BCUT2D eigenvalue weighted by Crippen LogP contribution is 2.24. The van der Waals surface area contributed by atoms with Crippen LogP contribution in [0.25, 0.3) is 0 Å². The van der Waals surface area contributed by atoms with Gasteiger partial charge in [0.25, 0.3) is 0 Å². The van der Waals surface area contributed by atoms with Gasteiger partial charge in [-0.05, 0) is 20.3 Å². The number of nitrogens with zero attached hydrogens (tertiary/aromatic N) is 2. The molecule has 6 heteroatoms. The Morgan fingerprint density at radius 1 is 1.61 bits per heavy atom. The monoisotopic (exact) mass is 254 g/mol. The van der Waals surface area contributed by atoms with Crippen molar-refractivity contribution in [1.29, 1.82) is 0 Å². The minimum Gasteiger partial charge on any atom is -0.481 e. The topological polar surface area (TPSA) is 82.2 Å². The van der Waals surface area contributed by atoms with Crippen LogP contribution in [0.5, 0.6) is 5.88 Å². The van der Waals surface area contributed by atoms with E-state index in [1.807, 2.05) is 20.9 Å². The van der Waals surface area contributed by atoms with Crippen molar-refractivity contribution in [3.05, 3.63) is 11.3 Å².